The molecule has 2 atom stereocenters. The molecule has 3 heterocycles. The van der Waals surface area contributed by atoms with Crippen LogP contribution in [0.5, 0.6) is 0 Å². The maximum Gasteiger partial charge on any atom is 0.113 e. The number of imidazole rings is 1. The van der Waals surface area contributed by atoms with Crippen LogP contribution in [0, 0.1) is 5.92 Å². The van der Waals surface area contributed by atoms with E-state index in [0.717, 1.165) is 5.92 Å². The van der Waals surface area contributed by atoms with Gasteiger partial charge in [0.1, 0.15) is 5.82 Å². The molecule has 3 heteroatoms. The van der Waals surface area contributed by atoms with Gasteiger partial charge in [-0.25, -0.2) is 4.98 Å². The van der Waals surface area contributed by atoms with E-state index in [1.165, 1.54) is 56.8 Å². The normalized spacial score (nSPS) is 28.6. The molecule has 3 nitrogen and oxygen atoms in total. The molecule has 19 heavy (non-hydrogen) atoms. The zero-order valence-electron chi connectivity index (χ0n) is 12.6. The topological polar surface area (TPSA) is 21.1 Å². The van der Waals surface area contributed by atoms with Crippen molar-refractivity contribution in [2.75, 3.05) is 13.1 Å². The van der Waals surface area contributed by atoms with E-state index in [0.29, 0.717) is 12.0 Å². The average Bonchev–Trinajstić information content (AvgIpc) is 2.81. The first kappa shape index (κ1) is 13.2. The number of rotatable bonds is 2. The summed E-state index contributed by atoms with van der Waals surface area (Å²) in [6, 6.07) is 0.665. The number of fused-ring (bicyclic) bond motifs is 1. The van der Waals surface area contributed by atoms with Crippen molar-refractivity contribution in [3.63, 3.8) is 0 Å². The Bertz CT molecular complexity index is 435. The zero-order valence-corrected chi connectivity index (χ0v) is 12.6. The van der Waals surface area contributed by atoms with Crippen LogP contribution in [0.15, 0.2) is 6.20 Å². The van der Waals surface area contributed by atoms with Gasteiger partial charge >= 0.3 is 0 Å². The number of likely N-dealkylation sites (tertiary alicyclic amines) is 1. The van der Waals surface area contributed by atoms with E-state index in [1.807, 2.05) is 0 Å². The molecule has 3 rings (SSSR count). The van der Waals surface area contributed by atoms with Crippen LogP contribution in [0.3, 0.4) is 0 Å². The molecule has 106 valence electrons. The molecule has 1 saturated heterocycles. The largest absolute Gasteiger partial charge is 0.332 e. The third-order valence-corrected chi connectivity index (χ3v) is 4.92. The monoisotopic (exact) mass is 261 g/mol. The lowest BCUT2D eigenvalue weighted by Crippen LogP contribution is -2.40. The summed E-state index contributed by atoms with van der Waals surface area (Å²) < 4.78 is 2.52. The highest BCUT2D eigenvalue weighted by atomic mass is 15.2. The number of piperidine rings is 1. The first-order valence-corrected chi connectivity index (χ1v) is 7.93. The molecule has 1 fully saturated rings. The molecule has 0 aromatic carbocycles. The Kier molecular flexibility index (Phi) is 3.66. The van der Waals surface area contributed by atoms with Crippen LogP contribution in [0.2, 0.25) is 0 Å². The van der Waals surface area contributed by atoms with Gasteiger partial charge in [0.25, 0.3) is 0 Å². The number of nitrogens with zero attached hydrogens (tertiary/aromatic N) is 3. The third kappa shape index (κ3) is 2.58. The van der Waals surface area contributed by atoms with Gasteiger partial charge < -0.3 is 9.47 Å². The summed E-state index contributed by atoms with van der Waals surface area (Å²) in [5.41, 5.74) is 1.47. The second-order valence-corrected chi connectivity index (χ2v) is 6.79. The van der Waals surface area contributed by atoms with Crippen LogP contribution < -0.4 is 0 Å². The van der Waals surface area contributed by atoms with E-state index in [9.17, 15) is 0 Å². The van der Waals surface area contributed by atoms with Crippen LogP contribution in [0.25, 0.3) is 0 Å². The van der Waals surface area contributed by atoms with Gasteiger partial charge in [-0.05, 0) is 52.0 Å². The number of hydrogen-bond acceptors (Lipinski definition) is 2. The van der Waals surface area contributed by atoms with Crippen molar-refractivity contribution in [2.45, 2.75) is 65.0 Å². The second-order valence-electron chi connectivity index (χ2n) is 6.79. The summed E-state index contributed by atoms with van der Waals surface area (Å²) in [6.45, 7) is 10.6. The molecule has 0 bridgehead atoms. The van der Waals surface area contributed by atoms with Gasteiger partial charge in [0, 0.05) is 36.9 Å². The summed E-state index contributed by atoms with van der Waals surface area (Å²) in [6.07, 6.45) is 7.31. The zero-order chi connectivity index (χ0) is 13.4. The van der Waals surface area contributed by atoms with Gasteiger partial charge in [-0.1, -0.05) is 6.92 Å². The summed E-state index contributed by atoms with van der Waals surface area (Å²) in [4.78, 5) is 7.40. The lowest BCUT2D eigenvalue weighted by Gasteiger charge is -2.35. The van der Waals surface area contributed by atoms with Crippen molar-refractivity contribution in [1.82, 2.24) is 14.5 Å². The Morgan fingerprint density at radius 2 is 2.11 bits per heavy atom. The van der Waals surface area contributed by atoms with Crippen molar-refractivity contribution in [3.05, 3.63) is 17.7 Å². The predicted molar refractivity (Wildman–Crippen MR) is 78.4 cm³/mol. The molecule has 0 spiro atoms. The Morgan fingerprint density at radius 3 is 2.89 bits per heavy atom. The minimum Gasteiger partial charge on any atom is -0.332 e. The van der Waals surface area contributed by atoms with Crippen LogP contribution >= 0.6 is 0 Å². The molecule has 1 aromatic rings. The van der Waals surface area contributed by atoms with Crippen molar-refractivity contribution >= 4 is 0 Å². The summed E-state index contributed by atoms with van der Waals surface area (Å²) in [7, 11) is 0. The van der Waals surface area contributed by atoms with E-state index in [4.69, 9.17) is 4.98 Å². The van der Waals surface area contributed by atoms with Crippen LogP contribution in [0.1, 0.15) is 57.5 Å². The van der Waals surface area contributed by atoms with Gasteiger partial charge in [-0.15, -0.1) is 0 Å². The van der Waals surface area contributed by atoms with E-state index < -0.39 is 0 Å². The average molecular weight is 261 g/mol. The van der Waals surface area contributed by atoms with Gasteiger partial charge in [-0.3, -0.25) is 0 Å². The molecular weight excluding hydrogens is 234 g/mol. The molecular formula is C16H27N3. The van der Waals surface area contributed by atoms with E-state index in [1.54, 1.807) is 0 Å². The summed E-state index contributed by atoms with van der Waals surface area (Å²) in [5.74, 6) is 2.85. The van der Waals surface area contributed by atoms with Crippen LogP contribution in [0.4, 0.5) is 0 Å². The third-order valence-electron chi connectivity index (χ3n) is 4.92. The summed E-state index contributed by atoms with van der Waals surface area (Å²) >= 11 is 0. The molecule has 0 N–H and O–H groups in total. The molecule has 0 radical (unpaired) electrons. The lowest BCUT2D eigenvalue weighted by atomic mass is 9.94. The van der Waals surface area contributed by atoms with Gasteiger partial charge in [-0.2, -0.15) is 0 Å². The molecule has 2 aliphatic rings. The predicted octanol–water partition coefficient (Wildman–Crippen LogP) is 3.05. The molecule has 0 amide bonds. The van der Waals surface area contributed by atoms with Gasteiger partial charge in [0.2, 0.25) is 0 Å². The Hall–Kier alpha value is -0.830. The highest BCUT2D eigenvalue weighted by Crippen LogP contribution is 2.30. The second kappa shape index (κ2) is 5.28. The number of aromatic nitrogens is 2. The van der Waals surface area contributed by atoms with Gasteiger partial charge in [0.15, 0.2) is 0 Å². The molecule has 2 unspecified atom stereocenters. The van der Waals surface area contributed by atoms with Crippen LogP contribution in [-0.4, -0.2) is 33.6 Å². The first-order chi connectivity index (χ1) is 9.15. The van der Waals surface area contributed by atoms with Crippen molar-refractivity contribution in [1.29, 1.82) is 0 Å². The van der Waals surface area contributed by atoms with E-state index in [-0.39, 0.29) is 0 Å². The quantitative estimate of drug-likeness (QED) is 0.816. The van der Waals surface area contributed by atoms with E-state index >= 15 is 0 Å². The minimum absolute atomic E-state index is 0.651. The Labute approximate surface area is 117 Å². The van der Waals surface area contributed by atoms with Crippen molar-refractivity contribution < 1.29 is 0 Å². The van der Waals surface area contributed by atoms with Gasteiger partial charge in [0.05, 0.1) is 0 Å². The van der Waals surface area contributed by atoms with Crippen molar-refractivity contribution in [3.8, 4) is 0 Å². The lowest BCUT2D eigenvalue weighted by molar-refractivity contribution is 0.162. The highest BCUT2D eigenvalue weighted by molar-refractivity contribution is 5.13. The maximum atomic E-state index is 4.79. The number of hydrogen-bond donors (Lipinski definition) is 0. The highest BCUT2D eigenvalue weighted by Gasteiger charge is 2.28. The maximum absolute atomic E-state index is 4.79. The SMILES string of the molecule is CC1CCn2c(cnc2C2CCCN(C(C)C)C2)C1. The molecule has 0 aliphatic carbocycles. The standard InChI is InChI=1S/C16H27N3/c1-12(2)18-7-4-5-14(11-18)16-17-10-15-9-13(3)6-8-19(15)16/h10,12-14H,4-9,11H2,1-3H3. The van der Waals surface area contributed by atoms with E-state index in [2.05, 4.69) is 36.4 Å². The molecule has 2 aliphatic heterocycles. The van der Waals surface area contributed by atoms with Crippen molar-refractivity contribution in [2.24, 2.45) is 5.92 Å². The minimum atomic E-state index is 0.651. The Morgan fingerprint density at radius 1 is 1.26 bits per heavy atom. The Balaban J connectivity index is 1.79. The van der Waals surface area contributed by atoms with Crippen LogP contribution in [-0.2, 0) is 13.0 Å². The summed E-state index contributed by atoms with van der Waals surface area (Å²) in [5, 5.41) is 0. The molecule has 0 saturated carbocycles. The molecule has 1 aromatic heterocycles. The smallest absolute Gasteiger partial charge is 0.113 e. The fourth-order valence-electron chi connectivity index (χ4n) is 3.67. The fraction of sp³-hybridized carbons (Fsp3) is 0.812. The first-order valence-electron chi connectivity index (χ1n) is 7.93. The fourth-order valence-corrected chi connectivity index (χ4v) is 3.67.